The van der Waals surface area contributed by atoms with Crippen LogP contribution in [0.3, 0.4) is 0 Å². The van der Waals surface area contributed by atoms with E-state index in [9.17, 15) is 1.37 Å². The Morgan fingerprint density at radius 3 is 2.27 bits per heavy atom. The van der Waals surface area contributed by atoms with Crippen molar-refractivity contribution in [3.8, 4) is 0 Å². The zero-order valence-electron chi connectivity index (χ0n) is 23.9. The van der Waals surface area contributed by atoms with Gasteiger partial charge in [0.1, 0.15) is 5.65 Å². The van der Waals surface area contributed by atoms with Crippen molar-refractivity contribution in [1.82, 2.24) is 9.38 Å². The molecule has 0 radical (unpaired) electrons. The number of nitrogens with zero attached hydrogens (tertiary/aromatic N) is 2. The molecule has 1 aliphatic carbocycles. The summed E-state index contributed by atoms with van der Waals surface area (Å²) >= 11 is 0. The fourth-order valence-electron chi connectivity index (χ4n) is 4.29. The molecule has 2 heteroatoms. The summed E-state index contributed by atoms with van der Waals surface area (Å²) in [5.74, 6) is 0. The molecule has 0 bridgehead atoms. The lowest BCUT2D eigenvalue weighted by atomic mass is 9.59. The van der Waals surface area contributed by atoms with E-state index in [2.05, 4.69) is 46.5 Å². The van der Waals surface area contributed by atoms with Crippen molar-refractivity contribution >= 4 is 27.5 Å². The van der Waals surface area contributed by atoms with E-state index < -0.39 is 29.0 Å². The number of imidazole rings is 1. The monoisotopic (exact) mass is 350 g/mol. The molecular weight excluding hydrogens is 316 g/mol. The first-order valence-corrected chi connectivity index (χ1v) is 8.87. The van der Waals surface area contributed by atoms with Crippen LogP contribution in [0.2, 0.25) is 0 Å². The second-order valence-corrected chi connectivity index (χ2v) is 8.83. The van der Waals surface area contributed by atoms with Gasteiger partial charge in [0.2, 0.25) is 0 Å². The maximum absolute atomic E-state index is 9.23. The van der Waals surface area contributed by atoms with Crippen molar-refractivity contribution in [2.75, 3.05) is 0 Å². The van der Waals surface area contributed by atoms with Gasteiger partial charge in [0.25, 0.3) is 0 Å². The van der Waals surface area contributed by atoms with Crippen LogP contribution >= 0.6 is 0 Å². The number of pyridine rings is 1. The highest BCUT2D eigenvalue weighted by atomic mass is 15.0. The van der Waals surface area contributed by atoms with Crippen LogP contribution in [0, 0.1) is 5.41 Å². The molecule has 26 heavy (non-hydrogen) atoms. The molecule has 2 aromatic heterocycles. The second-order valence-electron chi connectivity index (χ2n) is 8.83. The van der Waals surface area contributed by atoms with Gasteiger partial charge < -0.3 is 0 Å². The van der Waals surface area contributed by atoms with Gasteiger partial charge in [0.15, 0.2) is 0 Å². The Morgan fingerprint density at radius 1 is 0.885 bits per heavy atom. The summed E-state index contributed by atoms with van der Waals surface area (Å²) in [7, 11) is 0. The van der Waals surface area contributed by atoms with E-state index in [4.69, 9.17) is 9.60 Å². The lowest BCUT2D eigenvalue weighted by molar-refractivity contribution is 0.125. The Bertz CT molecular complexity index is 1610. The van der Waals surface area contributed by atoms with Crippen LogP contribution < -0.4 is 0 Å². The van der Waals surface area contributed by atoms with Gasteiger partial charge in [-0.15, -0.1) is 0 Å². The lowest BCUT2D eigenvalue weighted by Gasteiger charge is -2.44. The summed E-state index contributed by atoms with van der Waals surface area (Å²) in [6.45, 7) is 12.5. The topological polar surface area (TPSA) is 17.3 Å². The van der Waals surface area contributed by atoms with Crippen LogP contribution in [0.15, 0.2) is 48.5 Å². The quantitative estimate of drug-likeness (QED) is 0.367. The molecule has 0 amide bonds. The summed E-state index contributed by atoms with van der Waals surface area (Å²) in [5, 5.41) is -0.0489. The molecule has 0 saturated carbocycles. The maximum atomic E-state index is 9.23. The second kappa shape index (κ2) is 4.49. The van der Waals surface area contributed by atoms with E-state index >= 15 is 0 Å². The number of hydrogen-bond acceptors (Lipinski definition) is 1. The zero-order valence-corrected chi connectivity index (χ0v) is 15.9. The number of rotatable bonds is 0. The van der Waals surface area contributed by atoms with Gasteiger partial charge in [-0.2, -0.15) is 0 Å². The molecular formula is C24H26N2. The molecule has 0 aliphatic heterocycles. The first kappa shape index (κ1) is 9.55. The largest absolute Gasteiger partial charge is 0.299 e. The van der Waals surface area contributed by atoms with Crippen molar-refractivity contribution in [3.63, 3.8) is 0 Å². The molecule has 0 atom stereocenters. The molecule has 132 valence electrons. The van der Waals surface area contributed by atoms with Crippen molar-refractivity contribution in [3.05, 3.63) is 59.6 Å². The van der Waals surface area contributed by atoms with Gasteiger partial charge in [0, 0.05) is 11.6 Å². The van der Waals surface area contributed by atoms with E-state index in [1.807, 2.05) is 0 Å². The lowest BCUT2D eigenvalue weighted by Crippen LogP contribution is -2.42. The third kappa shape index (κ3) is 1.61. The molecule has 1 aliphatic rings. The molecule has 2 heterocycles. The van der Waals surface area contributed by atoms with Crippen LogP contribution in [0.5, 0.6) is 0 Å². The third-order valence-corrected chi connectivity index (χ3v) is 7.19. The Kier molecular flexibility index (Phi) is 1.65. The van der Waals surface area contributed by atoms with E-state index in [1.165, 1.54) is 4.40 Å². The highest BCUT2D eigenvalue weighted by Crippen LogP contribution is 2.61. The molecule has 5 rings (SSSR count). The minimum Gasteiger partial charge on any atom is -0.299 e. The average Bonchev–Trinajstić information content (AvgIpc) is 3.20. The fourth-order valence-corrected chi connectivity index (χ4v) is 4.29. The first-order valence-electron chi connectivity index (χ1n) is 12.9. The summed E-state index contributed by atoms with van der Waals surface area (Å²) in [6, 6.07) is -1.73. The molecule has 2 nitrogen and oxygen atoms in total. The minimum absolute atomic E-state index is 0.0287. The van der Waals surface area contributed by atoms with Crippen LogP contribution in [0.4, 0.5) is 0 Å². The Labute approximate surface area is 166 Å². The molecule has 4 aromatic rings. The van der Waals surface area contributed by atoms with E-state index in [1.54, 1.807) is 0 Å². The van der Waals surface area contributed by atoms with E-state index in [-0.39, 0.29) is 63.2 Å². The SMILES string of the molecule is [2H]c1c([2H])c([2H])c2c(c1[2H])c([2H])c([2H])n1c2nc2c([2H])c3c(c([2H])c21)C(C)(C)C(C)(C)C3(C)C. The predicted octanol–water partition coefficient (Wildman–Crippen LogP) is 6.24. The highest BCUT2D eigenvalue weighted by Gasteiger charge is 2.56. The van der Waals surface area contributed by atoms with E-state index in [0.29, 0.717) is 0 Å². The minimum atomic E-state index is -0.474. The van der Waals surface area contributed by atoms with Gasteiger partial charge in [0.05, 0.1) is 22.0 Å². The van der Waals surface area contributed by atoms with Gasteiger partial charge >= 0.3 is 0 Å². The van der Waals surface area contributed by atoms with Crippen LogP contribution in [-0.4, -0.2) is 9.38 Å². The highest BCUT2D eigenvalue weighted by molar-refractivity contribution is 5.98. The summed E-state index contributed by atoms with van der Waals surface area (Å²) in [4.78, 5) is 4.62. The standard InChI is InChI=1S/C24H26N2/c1-22(2)17-13-19-20(14-18(17)23(3,4)24(22,5)6)26-12-11-15-9-7-8-10-16(15)21(26)25-19/h7-14H,1-6H3/i7D,8D,9D,10D,11D,12D,13D,14D. The van der Waals surface area contributed by atoms with Crippen LogP contribution in [0.1, 0.15) is 63.6 Å². The maximum Gasteiger partial charge on any atom is 0.145 e. The van der Waals surface area contributed by atoms with Crippen molar-refractivity contribution in [1.29, 1.82) is 0 Å². The summed E-state index contributed by atoms with van der Waals surface area (Å²) in [6.07, 6.45) is -0.322. The van der Waals surface area contributed by atoms with Crippen LogP contribution in [-0.2, 0) is 10.8 Å². The Hall–Kier alpha value is -2.35. The normalized spacial score (nSPS) is 24.4. The van der Waals surface area contributed by atoms with Crippen molar-refractivity contribution < 1.29 is 11.0 Å². The summed E-state index contributed by atoms with van der Waals surface area (Å²) < 4.78 is 69.9. The molecule has 0 unspecified atom stereocenters. The fraction of sp³-hybridized carbons (Fsp3) is 0.375. The van der Waals surface area contributed by atoms with Gasteiger partial charge in [-0.1, -0.05) is 65.7 Å². The number of fused-ring (bicyclic) bond motifs is 6. The van der Waals surface area contributed by atoms with Gasteiger partial charge in [-0.25, -0.2) is 4.98 Å². The first-order chi connectivity index (χ1) is 15.5. The van der Waals surface area contributed by atoms with Gasteiger partial charge in [-0.05, 0) is 50.9 Å². The molecule has 0 fully saturated rings. The molecule has 0 N–H and O–H groups in total. The number of hydrogen-bond donors (Lipinski definition) is 0. The Balaban J connectivity index is 2.13. The Morgan fingerprint density at radius 2 is 1.54 bits per heavy atom. The predicted molar refractivity (Wildman–Crippen MR) is 110 cm³/mol. The average molecular weight is 351 g/mol. The van der Waals surface area contributed by atoms with E-state index in [0.717, 1.165) is 11.1 Å². The van der Waals surface area contributed by atoms with Crippen LogP contribution in [0.25, 0.3) is 27.5 Å². The zero-order chi connectivity index (χ0) is 25.4. The smallest absolute Gasteiger partial charge is 0.145 e. The number of aromatic nitrogens is 2. The third-order valence-electron chi connectivity index (χ3n) is 7.19. The van der Waals surface area contributed by atoms with Crippen molar-refractivity contribution in [2.45, 2.75) is 52.4 Å². The molecule has 0 spiro atoms. The molecule has 0 saturated heterocycles. The molecule has 2 aromatic carbocycles. The van der Waals surface area contributed by atoms with Gasteiger partial charge in [-0.3, -0.25) is 4.40 Å². The number of benzene rings is 2. The van der Waals surface area contributed by atoms with Crippen molar-refractivity contribution in [2.24, 2.45) is 5.41 Å². The summed E-state index contributed by atoms with van der Waals surface area (Å²) in [5.41, 5.74) is 0.769.